The number of urea groups is 1. The first-order valence-corrected chi connectivity index (χ1v) is 11.5. The lowest BCUT2D eigenvalue weighted by Gasteiger charge is -2.16. The summed E-state index contributed by atoms with van der Waals surface area (Å²) < 4.78 is 10.8. The lowest BCUT2D eigenvalue weighted by molar-refractivity contribution is -0.111. The predicted octanol–water partition coefficient (Wildman–Crippen LogP) is 4.98. The van der Waals surface area contributed by atoms with Gasteiger partial charge < -0.3 is 30.7 Å². The van der Waals surface area contributed by atoms with Gasteiger partial charge in [-0.15, -0.1) is 0 Å². The SMILES string of the molecule is CCC(C)=C(C(=O)Nc1ccc2c(c1)OCO2)c1cc(-c2cncc(NC(=O)N(C)C)c2)ccc1N. The number of carbonyl (C=O) groups excluding carboxylic acids is 2. The normalized spacial score (nSPS) is 12.6. The molecule has 36 heavy (non-hydrogen) atoms. The van der Waals surface area contributed by atoms with Gasteiger partial charge in [0.2, 0.25) is 6.79 Å². The highest BCUT2D eigenvalue weighted by molar-refractivity contribution is 6.27. The monoisotopic (exact) mass is 487 g/mol. The first kappa shape index (κ1) is 24.6. The van der Waals surface area contributed by atoms with Crippen molar-refractivity contribution in [2.24, 2.45) is 0 Å². The lowest BCUT2D eigenvalue weighted by atomic mass is 9.93. The van der Waals surface area contributed by atoms with Crippen molar-refractivity contribution in [3.05, 3.63) is 66.0 Å². The summed E-state index contributed by atoms with van der Waals surface area (Å²) in [6, 6.07) is 12.3. The highest BCUT2D eigenvalue weighted by Gasteiger charge is 2.20. The minimum Gasteiger partial charge on any atom is -0.454 e. The van der Waals surface area contributed by atoms with Crippen LogP contribution in [0.1, 0.15) is 25.8 Å². The second-order valence-electron chi connectivity index (χ2n) is 8.62. The minimum atomic E-state index is -0.276. The Bertz CT molecular complexity index is 1350. The fourth-order valence-electron chi connectivity index (χ4n) is 3.74. The molecule has 0 bridgehead atoms. The number of nitrogens with one attached hydrogen (secondary N) is 2. The van der Waals surface area contributed by atoms with E-state index in [0.29, 0.717) is 46.1 Å². The Labute approximate surface area is 209 Å². The van der Waals surface area contributed by atoms with Gasteiger partial charge in [-0.05, 0) is 49.2 Å². The summed E-state index contributed by atoms with van der Waals surface area (Å²) in [7, 11) is 3.33. The highest BCUT2D eigenvalue weighted by Crippen LogP contribution is 2.36. The van der Waals surface area contributed by atoms with E-state index in [2.05, 4.69) is 15.6 Å². The molecule has 9 heteroatoms. The Hall–Kier alpha value is -4.53. The summed E-state index contributed by atoms with van der Waals surface area (Å²) >= 11 is 0. The summed E-state index contributed by atoms with van der Waals surface area (Å²) in [6.07, 6.45) is 3.94. The van der Waals surface area contributed by atoms with Gasteiger partial charge in [0.25, 0.3) is 5.91 Å². The molecule has 0 saturated carbocycles. The zero-order valence-corrected chi connectivity index (χ0v) is 20.7. The number of fused-ring (bicyclic) bond motifs is 1. The number of hydrogen-bond donors (Lipinski definition) is 3. The molecule has 1 aliphatic rings. The van der Waals surface area contributed by atoms with Crippen LogP contribution in [0.3, 0.4) is 0 Å². The number of amides is 3. The zero-order valence-electron chi connectivity index (χ0n) is 20.7. The van der Waals surface area contributed by atoms with Gasteiger partial charge in [0, 0.05) is 54.4 Å². The first-order valence-electron chi connectivity index (χ1n) is 11.5. The van der Waals surface area contributed by atoms with Gasteiger partial charge in [0.15, 0.2) is 11.5 Å². The van der Waals surface area contributed by atoms with E-state index in [4.69, 9.17) is 15.2 Å². The van der Waals surface area contributed by atoms with Crippen molar-refractivity contribution in [2.75, 3.05) is 37.3 Å². The van der Waals surface area contributed by atoms with Gasteiger partial charge in [-0.2, -0.15) is 0 Å². The Morgan fingerprint density at radius 3 is 2.50 bits per heavy atom. The molecule has 0 aliphatic carbocycles. The van der Waals surface area contributed by atoms with Crippen LogP contribution in [0.5, 0.6) is 11.5 Å². The topological polar surface area (TPSA) is 119 Å². The number of ether oxygens (including phenoxy) is 2. The van der Waals surface area contributed by atoms with Gasteiger partial charge >= 0.3 is 6.03 Å². The quantitative estimate of drug-likeness (QED) is 0.333. The van der Waals surface area contributed by atoms with Crippen LogP contribution in [0.15, 0.2) is 60.4 Å². The maximum Gasteiger partial charge on any atom is 0.321 e. The van der Waals surface area contributed by atoms with Crippen molar-refractivity contribution in [3.63, 3.8) is 0 Å². The number of benzene rings is 2. The summed E-state index contributed by atoms with van der Waals surface area (Å²) in [5.74, 6) is 0.950. The van der Waals surface area contributed by atoms with E-state index < -0.39 is 0 Å². The van der Waals surface area contributed by atoms with Crippen LogP contribution in [0.4, 0.5) is 21.9 Å². The molecule has 0 unspecified atom stereocenters. The highest BCUT2D eigenvalue weighted by atomic mass is 16.7. The molecule has 0 atom stereocenters. The second-order valence-corrected chi connectivity index (χ2v) is 8.62. The van der Waals surface area contributed by atoms with Crippen LogP contribution < -0.4 is 25.8 Å². The molecular formula is C27H29N5O4. The minimum absolute atomic E-state index is 0.158. The van der Waals surface area contributed by atoms with Gasteiger partial charge in [-0.3, -0.25) is 9.78 Å². The molecular weight excluding hydrogens is 458 g/mol. The summed E-state index contributed by atoms with van der Waals surface area (Å²) in [5, 5.41) is 5.76. The van der Waals surface area contributed by atoms with Gasteiger partial charge in [-0.1, -0.05) is 18.6 Å². The third-order valence-electron chi connectivity index (χ3n) is 5.87. The average Bonchev–Trinajstić information content (AvgIpc) is 3.33. The summed E-state index contributed by atoms with van der Waals surface area (Å²) in [4.78, 5) is 31.2. The van der Waals surface area contributed by atoms with Crippen LogP contribution in [0.2, 0.25) is 0 Å². The molecule has 2 aromatic carbocycles. The van der Waals surface area contributed by atoms with Crippen molar-refractivity contribution < 1.29 is 19.1 Å². The van der Waals surface area contributed by atoms with Crippen LogP contribution in [-0.2, 0) is 4.79 Å². The van der Waals surface area contributed by atoms with E-state index in [1.165, 1.54) is 4.90 Å². The average molecular weight is 488 g/mol. The van der Waals surface area contributed by atoms with Gasteiger partial charge in [0.05, 0.1) is 11.9 Å². The van der Waals surface area contributed by atoms with E-state index in [0.717, 1.165) is 16.7 Å². The molecule has 0 saturated heterocycles. The molecule has 3 aromatic rings. The number of nitrogens with two attached hydrogens (primary N) is 1. The largest absolute Gasteiger partial charge is 0.454 e. The number of allylic oxidation sites excluding steroid dienone is 1. The molecule has 186 valence electrons. The zero-order chi connectivity index (χ0) is 25.8. The van der Waals surface area contributed by atoms with Crippen molar-refractivity contribution in [1.82, 2.24) is 9.88 Å². The smallest absolute Gasteiger partial charge is 0.321 e. The number of aromatic nitrogens is 1. The molecule has 2 heterocycles. The fraction of sp³-hybridized carbons (Fsp3) is 0.222. The molecule has 1 aromatic heterocycles. The van der Waals surface area contributed by atoms with Crippen molar-refractivity contribution in [2.45, 2.75) is 20.3 Å². The Kier molecular flexibility index (Phi) is 7.10. The van der Waals surface area contributed by atoms with E-state index in [1.54, 1.807) is 50.8 Å². The number of pyridine rings is 1. The van der Waals surface area contributed by atoms with Crippen LogP contribution >= 0.6 is 0 Å². The van der Waals surface area contributed by atoms with Crippen LogP contribution in [-0.4, -0.2) is 42.7 Å². The molecule has 0 fully saturated rings. The Balaban J connectivity index is 1.67. The standard InChI is InChI=1S/C27H29N5O4/c1-5-16(2)25(26(33)30-19-7-9-23-24(12-19)36-15-35-23)21-11-17(6-8-22(21)28)18-10-20(14-29-13-18)31-27(34)32(3)4/h6-14H,5,15,28H2,1-4H3,(H,30,33)(H,31,34). The van der Waals surface area contributed by atoms with E-state index in [1.807, 2.05) is 32.0 Å². The third-order valence-corrected chi connectivity index (χ3v) is 5.87. The number of carbonyl (C=O) groups is 2. The molecule has 9 nitrogen and oxygen atoms in total. The number of hydrogen-bond acceptors (Lipinski definition) is 6. The number of anilines is 3. The third kappa shape index (κ3) is 5.25. The molecule has 0 spiro atoms. The first-order chi connectivity index (χ1) is 17.3. The summed E-state index contributed by atoms with van der Waals surface area (Å²) in [5.41, 5.74) is 11.6. The van der Waals surface area contributed by atoms with Crippen LogP contribution in [0, 0.1) is 0 Å². The number of rotatable bonds is 6. The van der Waals surface area contributed by atoms with Gasteiger partial charge in [0.1, 0.15) is 0 Å². The van der Waals surface area contributed by atoms with E-state index >= 15 is 0 Å². The molecule has 0 radical (unpaired) electrons. The molecule has 4 rings (SSSR count). The summed E-state index contributed by atoms with van der Waals surface area (Å²) in [6.45, 7) is 4.06. The lowest BCUT2D eigenvalue weighted by Crippen LogP contribution is -2.27. The maximum absolute atomic E-state index is 13.5. The molecule has 4 N–H and O–H groups in total. The molecule has 1 aliphatic heterocycles. The van der Waals surface area contributed by atoms with Crippen molar-refractivity contribution >= 4 is 34.6 Å². The van der Waals surface area contributed by atoms with E-state index in [-0.39, 0.29) is 18.7 Å². The van der Waals surface area contributed by atoms with Crippen molar-refractivity contribution in [3.8, 4) is 22.6 Å². The Morgan fingerprint density at radius 2 is 1.75 bits per heavy atom. The number of nitrogen functional groups attached to an aromatic ring is 1. The second kappa shape index (κ2) is 10.4. The maximum atomic E-state index is 13.5. The van der Waals surface area contributed by atoms with Gasteiger partial charge in [-0.25, -0.2) is 4.79 Å². The van der Waals surface area contributed by atoms with Crippen LogP contribution in [0.25, 0.3) is 16.7 Å². The Morgan fingerprint density at radius 1 is 0.972 bits per heavy atom. The number of nitrogens with zero attached hydrogens (tertiary/aromatic N) is 2. The van der Waals surface area contributed by atoms with E-state index in [9.17, 15) is 9.59 Å². The van der Waals surface area contributed by atoms with Crippen molar-refractivity contribution in [1.29, 1.82) is 0 Å². The molecule has 3 amide bonds. The predicted molar refractivity (Wildman–Crippen MR) is 141 cm³/mol. The fourth-order valence-corrected chi connectivity index (χ4v) is 3.74.